The number of nitrogens with zero attached hydrogens (tertiary/aromatic N) is 2. The Morgan fingerprint density at radius 1 is 1.52 bits per heavy atom. The number of carbonyl (C=O) groups is 2. The van der Waals surface area contributed by atoms with Crippen molar-refractivity contribution in [1.29, 1.82) is 0 Å². The summed E-state index contributed by atoms with van der Waals surface area (Å²) >= 11 is 1.37. The molecule has 1 aromatic carbocycles. The van der Waals surface area contributed by atoms with Crippen molar-refractivity contribution in [2.45, 2.75) is 12.6 Å². The van der Waals surface area contributed by atoms with Crippen molar-refractivity contribution in [3.05, 3.63) is 39.9 Å². The van der Waals surface area contributed by atoms with Crippen LogP contribution in [0.2, 0.25) is 0 Å². The molecule has 0 aromatic heterocycles. The second-order valence-corrected chi connectivity index (χ2v) is 5.41. The van der Waals surface area contributed by atoms with Gasteiger partial charge in [-0.2, -0.15) is 0 Å². The zero-order valence-corrected chi connectivity index (χ0v) is 11.7. The van der Waals surface area contributed by atoms with E-state index in [0.717, 1.165) is 0 Å². The molecule has 9 heteroatoms. The Morgan fingerprint density at radius 3 is 2.95 bits per heavy atom. The van der Waals surface area contributed by atoms with E-state index in [1.807, 2.05) is 0 Å². The van der Waals surface area contributed by atoms with E-state index in [1.165, 1.54) is 34.9 Å². The molecule has 1 aromatic rings. The van der Waals surface area contributed by atoms with Crippen LogP contribution >= 0.6 is 11.8 Å². The molecule has 21 heavy (non-hydrogen) atoms. The van der Waals surface area contributed by atoms with E-state index in [2.05, 4.69) is 5.32 Å². The highest BCUT2D eigenvalue weighted by Crippen LogP contribution is 2.21. The molecule has 1 atom stereocenters. The molecule has 1 aliphatic rings. The maximum Gasteiger partial charge on any atom is 0.327 e. The number of thioether (sulfide) groups is 1. The summed E-state index contributed by atoms with van der Waals surface area (Å²) in [6.45, 7) is 0.105. The van der Waals surface area contributed by atoms with Gasteiger partial charge in [-0.3, -0.25) is 10.1 Å². The van der Waals surface area contributed by atoms with Gasteiger partial charge in [0.1, 0.15) is 6.04 Å². The minimum atomic E-state index is -1.04. The summed E-state index contributed by atoms with van der Waals surface area (Å²) < 4.78 is 0. The lowest BCUT2D eigenvalue weighted by molar-refractivity contribution is -0.384. The molecular weight excluding hydrogens is 298 g/mol. The highest BCUT2D eigenvalue weighted by atomic mass is 32.2. The number of non-ortho nitro benzene ring substituents is 1. The van der Waals surface area contributed by atoms with Gasteiger partial charge in [0.05, 0.1) is 10.8 Å². The van der Waals surface area contributed by atoms with Crippen molar-refractivity contribution in [2.24, 2.45) is 0 Å². The Balaban J connectivity index is 1.96. The molecule has 1 heterocycles. The molecule has 0 bridgehead atoms. The second-order valence-electron chi connectivity index (χ2n) is 4.41. The van der Waals surface area contributed by atoms with E-state index in [0.29, 0.717) is 17.2 Å². The van der Waals surface area contributed by atoms with Crippen LogP contribution in [0.5, 0.6) is 0 Å². The van der Waals surface area contributed by atoms with Crippen molar-refractivity contribution in [3.8, 4) is 0 Å². The molecule has 1 aliphatic heterocycles. The van der Waals surface area contributed by atoms with Crippen LogP contribution in [-0.4, -0.2) is 44.6 Å². The number of nitro benzene ring substituents is 1. The lowest BCUT2D eigenvalue weighted by Gasteiger charge is -2.20. The number of rotatable bonds is 4. The summed E-state index contributed by atoms with van der Waals surface area (Å²) in [6.07, 6.45) is 0. The van der Waals surface area contributed by atoms with E-state index >= 15 is 0 Å². The Bertz CT molecular complexity index is 580. The van der Waals surface area contributed by atoms with Gasteiger partial charge in [-0.1, -0.05) is 12.1 Å². The molecule has 0 aliphatic carbocycles. The van der Waals surface area contributed by atoms with Gasteiger partial charge in [-0.15, -0.1) is 11.8 Å². The molecule has 0 spiro atoms. The number of amides is 2. The standard InChI is InChI=1S/C12H13N3O5S/c16-11(17)10-6-21-7-14(10)12(18)13-5-8-2-1-3-9(4-8)15(19)20/h1-4,10H,5-7H2,(H,13,18)(H,16,17)/t10-/m0/s1. The van der Waals surface area contributed by atoms with Gasteiger partial charge >= 0.3 is 12.0 Å². The number of nitro groups is 1. The number of urea groups is 1. The summed E-state index contributed by atoms with van der Waals surface area (Å²) in [4.78, 5) is 34.3. The zero-order chi connectivity index (χ0) is 15.4. The summed E-state index contributed by atoms with van der Waals surface area (Å²) in [5.74, 6) is -0.359. The molecular formula is C12H13N3O5S. The van der Waals surface area contributed by atoms with Crippen LogP contribution in [0.3, 0.4) is 0 Å². The first-order valence-corrected chi connectivity index (χ1v) is 7.23. The number of aliphatic carboxylic acids is 1. The molecule has 112 valence electrons. The average Bonchev–Trinajstić information content (AvgIpc) is 2.94. The Morgan fingerprint density at radius 2 is 2.29 bits per heavy atom. The van der Waals surface area contributed by atoms with Crippen molar-refractivity contribution in [3.63, 3.8) is 0 Å². The van der Waals surface area contributed by atoms with E-state index in [4.69, 9.17) is 5.11 Å². The average molecular weight is 311 g/mol. The normalized spacial score (nSPS) is 17.5. The Labute approximate surface area is 124 Å². The number of carboxylic acid groups (broad SMARTS) is 1. The van der Waals surface area contributed by atoms with E-state index in [9.17, 15) is 19.7 Å². The fraction of sp³-hybridized carbons (Fsp3) is 0.333. The summed E-state index contributed by atoms with van der Waals surface area (Å²) in [6, 6.07) is 4.60. The zero-order valence-electron chi connectivity index (χ0n) is 10.9. The third-order valence-electron chi connectivity index (χ3n) is 2.99. The van der Waals surface area contributed by atoms with E-state index in [-0.39, 0.29) is 12.2 Å². The summed E-state index contributed by atoms with van der Waals surface area (Å²) in [5, 5.41) is 22.2. The fourth-order valence-corrected chi connectivity index (χ4v) is 3.05. The van der Waals surface area contributed by atoms with Crippen molar-refractivity contribution < 1.29 is 19.6 Å². The molecule has 0 saturated carbocycles. The first-order chi connectivity index (χ1) is 9.99. The van der Waals surface area contributed by atoms with Crippen LogP contribution in [-0.2, 0) is 11.3 Å². The van der Waals surface area contributed by atoms with Gasteiger partial charge in [0.25, 0.3) is 5.69 Å². The molecule has 1 saturated heterocycles. The molecule has 2 N–H and O–H groups in total. The predicted molar refractivity (Wildman–Crippen MR) is 75.9 cm³/mol. The van der Waals surface area contributed by atoms with Gasteiger partial charge in [0.15, 0.2) is 0 Å². The fourth-order valence-electron chi connectivity index (χ4n) is 1.91. The highest BCUT2D eigenvalue weighted by Gasteiger charge is 2.34. The Hall–Kier alpha value is -2.29. The number of nitrogens with one attached hydrogen (secondary N) is 1. The third-order valence-corrected chi connectivity index (χ3v) is 4.01. The topological polar surface area (TPSA) is 113 Å². The van der Waals surface area contributed by atoms with Gasteiger partial charge in [0.2, 0.25) is 0 Å². The molecule has 8 nitrogen and oxygen atoms in total. The van der Waals surface area contributed by atoms with Crippen LogP contribution in [0.25, 0.3) is 0 Å². The van der Waals surface area contributed by atoms with Gasteiger partial charge in [-0.05, 0) is 5.56 Å². The minimum Gasteiger partial charge on any atom is -0.480 e. The van der Waals surface area contributed by atoms with Crippen LogP contribution < -0.4 is 5.32 Å². The smallest absolute Gasteiger partial charge is 0.327 e. The van der Waals surface area contributed by atoms with Crippen LogP contribution in [0.1, 0.15) is 5.56 Å². The minimum absolute atomic E-state index is 0.0538. The second kappa shape index (κ2) is 6.44. The van der Waals surface area contributed by atoms with Gasteiger partial charge in [-0.25, -0.2) is 9.59 Å². The summed E-state index contributed by atoms with van der Waals surface area (Å²) in [5.41, 5.74) is 0.526. The quantitative estimate of drug-likeness (QED) is 0.639. The number of hydrogen-bond acceptors (Lipinski definition) is 5. The van der Waals surface area contributed by atoms with Crippen LogP contribution in [0.15, 0.2) is 24.3 Å². The first kappa shape index (κ1) is 15.1. The van der Waals surface area contributed by atoms with E-state index in [1.54, 1.807) is 6.07 Å². The van der Waals surface area contributed by atoms with Gasteiger partial charge < -0.3 is 15.3 Å². The molecule has 2 rings (SSSR count). The molecule has 0 unspecified atom stereocenters. The monoisotopic (exact) mass is 311 g/mol. The highest BCUT2D eigenvalue weighted by molar-refractivity contribution is 7.99. The first-order valence-electron chi connectivity index (χ1n) is 6.07. The van der Waals surface area contributed by atoms with E-state index < -0.39 is 23.0 Å². The van der Waals surface area contributed by atoms with Crippen molar-refractivity contribution in [1.82, 2.24) is 10.2 Å². The lowest BCUT2D eigenvalue weighted by Crippen LogP contribution is -2.46. The maximum atomic E-state index is 12.0. The van der Waals surface area contributed by atoms with Gasteiger partial charge in [0, 0.05) is 24.4 Å². The lowest BCUT2D eigenvalue weighted by atomic mass is 10.2. The number of hydrogen-bond donors (Lipinski definition) is 2. The largest absolute Gasteiger partial charge is 0.480 e. The number of carboxylic acids is 1. The third kappa shape index (κ3) is 3.63. The molecule has 2 amide bonds. The number of benzene rings is 1. The molecule has 0 radical (unpaired) electrons. The van der Waals surface area contributed by atoms with Crippen molar-refractivity contribution in [2.75, 3.05) is 11.6 Å². The van der Waals surface area contributed by atoms with Crippen LogP contribution in [0, 0.1) is 10.1 Å². The number of carbonyl (C=O) groups excluding carboxylic acids is 1. The summed E-state index contributed by atoms with van der Waals surface area (Å²) in [7, 11) is 0. The predicted octanol–water partition coefficient (Wildman–Crippen LogP) is 1.26. The van der Waals surface area contributed by atoms with Crippen LogP contribution in [0.4, 0.5) is 10.5 Å². The SMILES string of the molecule is O=C(O)[C@@H]1CSCN1C(=O)NCc1cccc([N+](=O)[O-])c1. The van der Waals surface area contributed by atoms with Crippen molar-refractivity contribution >= 4 is 29.4 Å². The maximum absolute atomic E-state index is 12.0. The molecule has 1 fully saturated rings. The Kier molecular flexibility index (Phi) is 4.63.